The average molecular weight is 545 g/mol. The third-order valence-electron chi connectivity index (χ3n) is 5.94. The number of nitrogens with zero attached hydrogens (tertiary/aromatic N) is 2. The summed E-state index contributed by atoms with van der Waals surface area (Å²) < 4.78 is 32.3. The molecule has 0 aromatic rings. The van der Waals surface area contributed by atoms with E-state index < -0.39 is 10.4 Å². The van der Waals surface area contributed by atoms with E-state index in [4.69, 9.17) is 0 Å². The summed E-state index contributed by atoms with van der Waals surface area (Å²) in [5.74, 6) is 0. The molecule has 0 amide bonds. The smallest absolute Gasteiger partial charge is 0.217 e. The van der Waals surface area contributed by atoms with Crippen LogP contribution < -0.4 is 0 Å². The Kier molecular flexibility index (Phi) is 36.0. The highest BCUT2D eigenvalue weighted by molar-refractivity contribution is 7.80. The second kappa shape index (κ2) is 30.0. The Labute approximate surface area is 226 Å². The Morgan fingerprint density at radius 1 is 0.743 bits per heavy atom. The summed E-state index contributed by atoms with van der Waals surface area (Å²) in [6.07, 6.45) is 24.5. The number of allylic oxidation sites excluding steroid dienone is 2. The monoisotopic (exact) mass is 544 g/mol. The summed E-state index contributed by atoms with van der Waals surface area (Å²) in [7, 11) is 4.80. The normalized spacial score (nSPS) is 11.5. The van der Waals surface area contributed by atoms with Gasteiger partial charge in [0.25, 0.3) is 0 Å². The third kappa shape index (κ3) is 44.2. The van der Waals surface area contributed by atoms with Crippen LogP contribution in [0.3, 0.4) is 0 Å². The molecule has 0 unspecified atom stereocenters. The van der Waals surface area contributed by atoms with E-state index >= 15 is 0 Å². The molecule has 35 heavy (non-hydrogen) atoms. The van der Waals surface area contributed by atoms with Gasteiger partial charge in [0.2, 0.25) is 10.4 Å². The van der Waals surface area contributed by atoms with Crippen LogP contribution >= 0.6 is 12.4 Å². The summed E-state index contributed by atoms with van der Waals surface area (Å²) in [6.45, 7) is 10.9. The van der Waals surface area contributed by atoms with Gasteiger partial charge in [-0.25, -0.2) is 8.42 Å². The van der Waals surface area contributed by atoms with E-state index in [1.807, 2.05) is 26.0 Å². The van der Waals surface area contributed by atoms with Gasteiger partial charge in [-0.05, 0) is 73.5 Å². The topological polar surface area (TPSA) is 69.7 Å². The van der Waals surface area contributed by atoms with Crippen LogP contribution in [0.15, 0.2) is 12.2 Å². The molecule has 0 aromatic heterocycles. The Morgan fingerprint density at radius 2 is 1.06 bits per heavy atom. The van der Waals surface area contributed by atoms with Crippen molar-refractivity contribution in [1.29, 1.82) is 0 Å². The Bertz CT molecular complexity index is 523. The first-order valence-electron chi connectivity index (χ1n) is 13.6. The third-order valence-corrected chi connectivity index (χ3v) is 6.35. The van der Waals surface area contributed by atoms with Crippen LogP contribution in [0.4, 0.5) is 0 Å². The molecule has 8 heteroatoms. The van der Waals surface area contributed by atoms with Crippen molar-refractivity contribution in [2.45, 2.75) is 111 Å². The van der Waals surface area contributed by atoms with Crippen molar-refractivity contribution in [3.8, 4) is 0 Å². The lowest BCUT2D eigenvalue weighted by Gasteiger charge is -2.32. The highest BCUT2D eigenvalue weighted by Crippen LogP contribution is 2.11. The van der Waals surface area contributed by atoms with E-state index in [9.17, 15) is 13.0 Å². The highest BCUT2D eigenvalue weighted by Gasteiger charge is 2.14. The van der Waals surface area contributed by atoms with Gasteiger partial charge in [0.05, 0.1) is 33.8 Å². The van der Waals surface area contributed by atoms with Crippen molar-refractivity contribution in [3.63, 3.8) is 0 Å². The summed E-state index contributed by atoms with van der Waals surface area (Å²) in [6, 6.07) is 0. The minimum atomic E-state index is -4.41. The highest BCUT2D eigenvalue weighted by atomic mass is 35.5. The van der Waals surface area contributed by atoms with Crippen LogP contribution in [0.2, 0.25) is 0 Å². The van der Waals surface area contributed by atoms with Gasteiger partial charge in [-0.2, -0.15) is 0 Å². The molecule has 0 fully saturated rings. The van der Waals surface area contributed by atoms with Gasteiger partial charge < -0.3 is 13.9 Å². The molecular formula is C27H61ClN2O4S. The van der Waals surface area contributed by atoms with Crippen LogP contribution in [-0.4, -0.2) is 77.3 Å². The zero-order chi connectivity index (χ0) is 26.7. The van der Waals surface area contributed by atoms with Crippen LogP contribution in [0.25, 0.3) is 0 Å². The SMILES string of the molecule is CCCCCCCC/C=C\CCCCCCCC[N+](C)(CC)CC.CN(C)C.COS(=O)(=O)[O-].Cl. The number of unbranched alkanes of at least 4 members (excludes halogenated alkanes) is 12. The lowest BCUT2D eigenvalue weighted by Crippen LogP contribution is -2.44. The maximum Gasteiger partial charge on any atom is 0.217 e. The molecule has 0 rings (SSSR count). The maximum absolute atomic E-state index is 9.22. The van der Waals surface area contributed by atoms with E-state index in [1.165, 1.54) is 114 Å². The fraction of sp³-hybridized carbons (Fsp3) is 0.926. The van der Waals surface area contributed by atoms with Gasteiger partial charge in [0.1, 0.15) is 0 Å². The molecule has 0 spiro atoms. The van der Waals surface area contributed by atoms with Crippen molar-refractivity contribution in [2.75, 3.05) is 54.9 Å². The number of hydrogen-bond acceptors (Lipinski definition) is 5. The predicted octanol–water partition coefficient (Wildman–Crippen LogP) is 7.20. The molecule has 0 aromatic carbocycles. The fourth-order valence-corrected chi connectivity index (χ4v) is 3.28. The first kappa shape index (κ1) is 41.9. The molecule has 0 radical (unpaired) electrons. The minimum Gasteiger partial charge on any atom is -0.726 e. The standard InChI is InChI=1S/C23H48N.C3H9N.CH4O4S.ClH/c1-5-8-9-10-11-12-13-14-15-16-17-18-19-20-21-22-23-24(4,6-2)7-3;1-4(2)3;1-5-6(2,3)4;/h14-15H,5-13,16-23H2,1-4H3;1-3H3;1H3,(H,2,3,4);1H/q+1;;;/p-1/b15-14-;;;. The van der Waals surface area contributed by atoms with Crippen molar-refractivity contribution in [3.05, 3.63) is 12.2 Å². The first-order valence-corrected chi connectivity index (χ1v) is 14.9. The lowest BCUT2D eigenvalue weighted by molar-refractivity contribution is -0.906. The van der Waals surface area contributed by atoms with Crippen molar-refractivity contribution < 1.29 is 21.6 Å². The Balaban J connectivity index is -0.000000366. The lowest BCUT2D eigenvalue weighted by atomic mass is 10.1. The van der Waals surface area contributed by atoms with Gasteiger partial charge >= 0.3 is 0 Å². The number of rotatable bonds is 19. The van der Waals surface area contributed by atoms with Gasteiger partial charge in [-0.15, -0.1) is 12.4 Å². The van der Waals surface area contributed by atoms with E-state index in [2.05, 4.69) is 44.2 Å². The molecule has 0 aliphatic carbocycles. The maximum atomic E-state index is 9.22. The summed E-state index contributed by atoms with van der Waals surface area (Å²) in [5, 5.41) is 0. The summed E-state index contributed by atoms with van der Waals surface area (Å²) >= 11 is 0. The van der Waals surface area contributed by atoms with Gasteiger partial charge in [0, 0.05) is 0 Å². The van der Waals surface area contributed by atoms with Crippen LogP contribution in [-0.2, 0) is 14.6 Å². The molecule has 0 saturated heterocycles. The van der Waals surface area contributed by atoms with E-state index in [0.717, 1.165) is 7.11 Å². The Hall–Kier alpha value is -0.180. The van der Waals surface area contributed by atoms with Gasteiger partial charge in [-0.3, -0.25) is 4.18 Å². The van der Waals surface area contributed by atoms with E-state index in [1.54, 1.807) is 0 Å². The van der Waals surface area contributed by atoms with Gasteiger partial charge in [0.15, 0.2) is 0 Å². The summed E-state index contributed by atoms with van der Waals surface area (Å²) in [5.41, 5.74) is 0. The van der Waals surface area contributed by atoms with Crippen molar-refractivity contribution in [2.24, 2.45) is 0 Å². The quantitative estimate of drug-likeness (QED) is 0.0565. The number of hydrogen-bond donors (Lipinski definition) is 0. The molecular weight excluding hydrogens is 484 g/mol. The summed E-state index contributed by atoms with van der Waals surface area (Å²) in [4.78, 5) is 2.00. The van der Waals surface area contributed by atoms with E-state index in [-0.39, 0.29) is 12.4 Å². The second-order valence-electron chi connectivity index (χ2n) is 9.83. The molecule has 0 aliphatic heterocycles. The van der Waals surface area contributed by atoms with E-state index in [0.29, 0.717) is 0 Å². The second-order valence-corrected chi connectivity index (χ2v) is 11.0. The largest absolute Gasteiger partial charge is 0.726 e. The molecule has 0 heterocycles. The minimum absolute atomic E-state index is 0. The molecule has 0 bridgehead atoms. The zero-order valence-corrected chi connectivity index (χ0v) is 26.2. The average Bonchev–Trinajstić information content (AvgIpc) is 2.78. The van der Waals surface area contributed by atoms with Gasteiger partial charge in [-0.1, -0.05) is 70.4 Å². The Morgan fingerprint density at radius 3 is 1.37 bits per heavy atom. The van der Waals surface area contributed by atoms with Crippen LogP contribution in [0.1, 0.15) is 111 Å². The molecule has 216 valence electrons. The van der Waals surface area contributed by atoms with Crippen molar-refractivity contribution in [1.82, 2.24) is 4.90 Å². The molecule has 0 saturated carbocycles. The molecule has 0 atom stereocenters. The number of quaternary nitrogens is 1. The van der Waals surface area contributed by atoms with Crippen LogP contribution in [0.5, 0.6) is 0 Å². The molecule has 6 nitrogen and oxygen atoms in total. The number of halogens is 1. The fourth-order valence-electron chi connectivity index (χ4n) is 3.28. The zero-order valence-electron chi connectivity index (χ0n) is 24.5. The predicted molar refractivity (Wildman–Crippen MR) is 155 cm³/mol. The van der Waals surface area contributed by atoms with Crippen molar-refractivity contribution >= 4 is 22.8 Å². The first-order chi connectivity index (χ1) is 16.0. The van der Waals surface area contributed by atoms with Crippen LogP contribution in [0, 0.1) is 0 Å². The molecule has 0 N–H and O–H groups in total. The molecule has 0 aliphatic rings.